The van der Waals surface area contributed by atoms with Gasteiger partial charge >= 0.3 is 0 Å². The van der Waals surface area contributed by atoms with Gasteiger partial charge in [-0.3, -0.25) is 4.79 Å². The molecule has 0 saturated carbocycles. The van der Waals surface area contributed by atoms with Crippen LogP contribution < -0.4 is 14.8 Å². The highest BCUT2D eigenvalue weighted by atomic mass is 79.9. The molecule has 0 radical (unpaired) electrons. The second-order valence-corrected chi connectivity index (χ2v) is 5.58. The van der Waals surface area contributed by atoms with Crippen LogP contribution in [0.4, 0.5) is 5.69 Å². The lowest BCUT2D eigenvalue weighted by molar-refractivity contribution is -0.111. The first-order chi connectivity index (χ1) is 11.1. The fraction of sp³-hybridized carbons (Fsp3) is 0.167. The van der Waals surface area contributed by atoms with E-state index >= 15 is 0 Å². The number of benzene rings is 2. The number of hydrogen-bond acceptors (Lipinski definition) is 3. The second-order valence-electron chi connectivity index (χ2n) is 4.67. The van der Waals surface area contributed by atoms with Gasteiger partial charge in [0.25, 0.3) is 0 Å². The summed E-state index contributed by atoms with van der Waals surface area (Å²) in [4.78, 5) is 12.0. The molecule has 2 aromatic rings. The summed E-state index contributed by atoms with van der Waals surface area (Å²) < 4.78 is 11.6. The highest BCUT2D eigenvalue weighted by Gasteiger charge is 2.03. The summed E-state index contributed by atoms with van der Waals surface area (Å²) >= 11 is 3.42. The van der Waals surface area contributed by atoms with Crippen LogP contribution in [-0.2, 0) is 4.79 Å². The van der Waals surface area contributed by atoms with Crippen LogP contribution in [0.3, 0.4) is 0 Å². The van der Waals surface area contributed by atoms with Gasteiger partial charge < -0.3 is 14.8 Å². The maximum Gasteiger partial charge on any atom is 0.248 e. The van der Waals surface area contributed by atoms with E-state index in [0.29, 0.717) is 12.3 Å². The fourth-order valence-electron chi connectivity index (χ4n) is 1.96. The standard InChI is InChI=1S/C18H18BrNO3/c1-3-23-17-10-5-14(19)12-13(17)4-11-18(21)20-15-6-8-16(22-2)9-7-15/h4-12H,3H2,1-2H3,(H,20,21). The normalized spacial score (nSPS) is 10.6. The van der Waals surface area contributed by atoms with Crippen LogP contribution in [0.5, 0.6) is 11.5 Å². The Balaban J connectivity index is 2.06. The first-order valence-electron chi connectivity index (χ1n) is 7.18. The number of rotatable bonds is 6. The molecule has 0 bridgehead atoms. The molecule has 120 valence electrons. The number of nitrogens with one attached hydrogen (secondary N) is 1. The molecular weight excluding hydrogens is 358 g/mol. The molecule has 5 heteroatoms. The van der Waals surface area contributed by atoms with Gasteiger partial charge in [0.15, 0.2) is 0 Å². The lowest BCUT2D eigenvalue weighted by atomic mass is 10.2. The first kappa shape index (κ1) is 17.1. The summed E-state index contributed by atoms with van der Waals surface area (Å²) in [6.07, 6.45) is 3.21. The smallest absolute Gasteiger partial charge is 0.248 e. The van der Waals surface area contributed by atoms with Gasteiger partial charge in [-0.05, 0) is 55.5 Å². The summed E-state index contributed by atoms with van der Waals surface area (Å²) in [6, 6.07) is 12.8. The van der Waals surface area contributed by atoms with Crippen molar-refractivity contribution in [1.82, 2.24) is 0 Å². The van der Waals surface area contributed by atoms with Crippen LogP contribution in [0.15, 0.2) is 53.0 Å². The van der Waals surface area contributed by atoms with Crippen LogP contribution in [-0.4, -0.2) is 19.6 Å². The van der Waals surface area contributed by atoms with Crippen LogP contribution in [0.25, 0.3) is 6.08 Å². The van der Waals surface area contributed by atoms with Gasteiger partial charge in [0.05, 0.1) is 13.7 Å². The van der Waals surface area contributed by atoms with Crippen molar-refractivity contribution in [2.75, 3.05) is 19.0 Å². The maximum atomic E-state index is 12.0. The summed E-state index contributed by atoms with van der Waals surface area (Å²) in [5.41, 5.74) is 1.55. The van der Waals surface area contributed by atoms with E-state index in [1.165, 1.54) is 6.08 Å². The zero-order valence-electron chi connectivity index (χ0n) is 13.0. The van der Waals surface area contributed by atoms with Crippen molar-refractivity contribution in [2.24, 2.45) is 0 Å². The second kappa shape index (κ2) is 8.39. The number of anilines is 1. The van der Waals surface area contributed by atoms with E-state index in [9.17, 15) is 4.79 Å². The van der Waals surface area contributed by atoms with Gasteiger partial charge in [-0.2, -0.15) is 0 Å². The minimum atomic E-state index is -0.211. The van der Waals surface area contributed by atoms with E-state index in [4.69, 9.17) is 9.47 Å². The Kier molecular flexibility index (Phi) is 6.23. The molecule has 2 rings (SSSR count). The third-order valence-corrected chi connectivity index (χ3v) is 3.54. The van der Waals surface area contributed by atoms with Crippen LogP contribution in [0.2, 0.25) is 0 Å². The quantitative estimate of drug-likeness (QED) is 0.755. The third-order valence-electron chi connectivity index (χ3n) is 3.04. The Hall–Kier alpha value is -2.27. The molecule has 0 atom stereocenters. The number of ether oxygens (including phenoxy) is 2. The van der Waals surface area contributed by atoms with Gasteiger partial charge in [0.1, 0.15) is 11.5 Å². The molecule has 2 aromatic carbocycles. The highest BCUT2D eigenvalue weighted by Crippen LogP contribution is 2.24. The largest absolute Gasteiger partial charge is 0.497 e. The zero-order valence-corrected chi connectivity index (χ0v) is 14.6. The molecule has 0 saturated heterocycles. The summed E-state index contributed by atoms with van der Waals surface area (Å²) in [6.45, 7) is 2.49. The molecule has 0 heterocycles. The number of carbonyl (C=O) groups excluding carboxylic acids is 1. The molecule has 0 spiro atoms. The Bertz CT molecular complexity index is 696. The van der Waals surface area contributed by atoms with Crippen molar-refractivity contribution in [3.05, 3.63) is 58.6 Å². The molecule has 0 aromatic heterocycles. The summed E-state index contributed by atoms with van der Waals surface area (Å²) in [5.74, 6) is 1.27. The van der Waals surface area contributed by atoms with Gasteiger partial charge in [-0.15, -0.1) is 0 Å². The monoisotopic (exact) mass is 375 g/mol. The van der Waals surface area contributed by atoms with Crippen LogP contribution in [0.1, 0.15) is 12.5 Å². The highest BCUT2D eigenvalue weighted by molar-refractivity contribution is 9.10. The maximum absolute atomic E-state index is 12.0. The van der Waals surface area contributed by atoms with Crippen molar-refractivity contribution >= 4 is 33.6 Å². The molecule has 1 N–H and O–H groups in total. The number of carbonyl (C=O) groups is 1. The topological polar surface area (TPSA) is 47.6 Å². The Morgan fingerprint density at radius 3 is 2.61 bits per heavy atom. The van der Waals surface area contributed by atoms with Crippen molar-refractivity contribution < 1.29 is 14.3 Å². The Labute approximate surface area is 144 Å². The van der Waals surface area contributed by atoms with E-state index in [1.807, 2.05) is 25.1 Å². The van der Waals surface area contributed by atoms with Gasteiger partial charge in [0.2, 0.25) is 5.91 Å². The van der Waals surface area contributed by atoms with Gasteiger partial charge in [-0.25, -0.2) is 0 Å². The number of methoxy groups -OCH3 is 1. The molecule has 0 aliphatic heterocycles. The van der Waals surface area contributed by atoms with Crippen molar-refractivity contribution in [2.45, 2.75) is 6.92 Å². The zero-order chi connectivity index (χ0) is 16.7. The average molecular weight is 376 g/mol. The molecular formula is C18H18BrNO3. The van der Waals surface area contributed by atoms with Crippen molar-refractivity contribution in [1.29, 1.82) is 0 Å². The molecule has 23 heavy (non-hydrogen) atoms. The van der Waals surface area contributed by atoms with Gasteiger partial charge in [0, 0.05) is 21.8 Å². The number of amides is 1. The SMILES string of the molecule is CCOc1ccc(Br)cc1C=CC(=O)Nc1ccc(OC)cc1. The predicted molar refractivity (Wildman–Crippen MR) is 96.0 cm³/mol. The molecule has 4 nitrogen and oxygen atoms in total. The number of halogens is 1. The fourth-order valence-corrected chi connectivity index (χ4v) is 2.34. The van der Waals surface area contributed by atoms with E-state index in [-0.39, 0.29) is 5.91 Å². The van der Waals surface area contributed by atoms with Gasteiger partial charge in [-0.1, -0.05) is 15.9 Å². The van der Waals surface area contributed by atoms with Crippen molar-refractivity contribution in [3.8, 4) is 11.5 Å². The molecule has 0 aliphatic carbocycles. The van der Waals surface area contributed by atoms with Crippen LogP contribution >= 0.6 is 15.9 Å². The minimum Gasteiger partial charge on any atom is -0.497 e. The van der Waals surface area contributed by atoms with E-state index in [2.05, 4.69) is 21.2 Å². The number of hydrogen-bond donors (Lipinski definition) is 1. The minimum absolute atomic E-state index is 0.211. The Morgan fingerprint density at radius 1 is 1.22 bits per heavy atom. The average Bonchev–Trinajstić information content (AvgIpc) is 2.56. The summed E-state index contributed by atoms with van der Waals surface area (Å²) in [5, 5.41) is 2.80. The molecule has 1 amide bonds. The third kappa shape index (κ3) is 5.14. The first-order valence-corrected chi connectivity index (χ1v) is 7.97. The van der Waals surface area contributed by atoms with Crippen LogP contribution in [0, 0.1) is 0 Å². The van der Waals surface area contributed by atoms with E-state index in [1.54, 1.807) is 37.5 Å². The molecule has 0 fully saturated rings. The predicted octanol–water partition coefficient (Wildman–Crippen LogP) is 4.51. The van der Waals surface area contributed by atoms with E-state index in [0.717, 1.165) is 21.5 Å². The lowest BCUT2D eigenvalue weighted by Gasteiger charge is -2.07. The summed E-state index contributed by atoms with van der Waals surface area (Å²) in [7, 11) is 1.60. The van der Waals surface area contributed by atoms with Crippen molar-refractivity contribution in [3.63, 3.8) is 0 Å². The lowest BCUT2D eigenvalue weighted by Crippen LogP contribution is -2.07. The molecule has 0 unspecified atom stereocenters. The van der Waals surface area contributed by atoms with E-state index < -0.39 is 0 Å². The Morgan fingerprint density at radius 2 is 1.96 bits per heavy atom. The molecule has 0 aliphatic rings.